The van der Waals surface area contributed by atoms with E-state index < -0.39 is 11.6 Å². The molecule has 2 atom stereocenters. The standard InChI is InChI=1S/C17H25N3O3/c1-11(2)17(4,10-18)20-16(21)12(3)19-14-8-7-13(22-5)9-15(14)23-6/h7-9,11-12,19H,1-6H3,(H,20,21)/t12-,17-/m0/s1. The van der Waals surface area contributed by atoms with Gasteiger partial charge in [-0.05, 0) is 31.9 Å². The van der Waals surface area contributed by atoms with E-state index >= 15 is 0 Å². The van der Waals surface area contributed by atoms with Crippen LogP contribution in [0.1, 0.15) is 27.7 Å². The van der Waals surface area contributed by atoms with Crippen LogP contribution in [0.15, 0.2) is 18.2 Å². The van der Waals surface area contributed by atoms with Crippen molar-refractivity contribution in [2.24, 2.45) is 5.92 Å². The van der Waals surface area contributed by atoms with Gasteiger partial charge in [0.2, 0.25) is 5.91 Å². The molecule has 1 aromatic carbocycles. The highest BCUT2D eigenvalue weighted by Gasteiger charge is 2.31. The van der Waals surface area contributed by atoms with Gasteiger partial charge in [0.25, 0.3) is 0 Å². The second-order valence-corrected chi connectivity index (χ2v) is 5.89. The number of hydrogen-bond acceptors (Lipinski definition) is 5. The third-order valence-electron chi connectivity index (χ3n) is 3.94. The Hall–Kier alpha value is -2.42. The van der Waals surface area contributed by atoms with Gasteiger partial charge in [-0.3, -0.25) is 4.79 Å². The summed E-state index contributed by atoms with van der Waals surface area (Å²) >= 11 is 0. The molecule has 0 spiro atoms. The van der Waals surface area contributed by atoms with Crippen LogP contribution in [0.4, 0.5) is 5.69 Å². The Labute approximate surface area is 137 Å². The number of anilines is 1. The van der Waals surface area contributed by atoms with Crippen molar-refractivity contribution in [3.05, 3.63) is 18.2 Å². The Bertz CT molecular complexity index is 595. The molecule has 0 fully saturated rings. The van der Waals surface area contributed by atoms with Crippen LogP contribution in [-0.2, 0) is 4.79 Å². The fourth-order valence-electron chi connectivity index (χ4n) is 1.88. The van der Waals surface area contributed by atoms with Crippen LogP contribution in [-0.4, -0.2) is 31.7 Å². The molecule has 1 rings (SSSR count). The van der Waals surface area contributed by atoms with E-state index in [-0.39, 0.29) is 11.8 Å². The van der Waals surface area contributed by atoms with Crippen molar-refractivity contribution in [1.29, 1.82) is 5.26 Å². The summed E-state index contributed by atoms with van der Waals surface area (Å²) in [4.78, 5) is 12.4. The van der Waals surface area contributed by atoms with Gasteiger partial charge >= 0.3 is 0 Å². The molecule has 126 valence electrons. The lowest BCUT2D eigenvalue weighted by Crippen LogP contribution is -2.52. The Morgan fingerprint density at radius 3 is 2.39 bits per heavy atom. The lowest BCUT2D eigenvalue weighted by molar-refractivity contribution is -0.123. The Balaban J connectivity index is 2.86. The number of hydrogen-bond donors (Lipinski definition) is 2. The van der Waals surface area contributed by atoms with E-state index in [1.165, 1.54) is 0 Å². The van der Waals surface area contributed by atoms with E-state index in [0.717, 1.165) is 0 Å². The maximum atomic E-state index is 12.4. The number of nitrogens with one attached hydrogen (secondary N) is 2. The molecule has 0 unspecified atom stereocenters. The minimum atomic E-state index is -0.906. The van der Waals surface area contributed by atoms with Crippen LogP contribution >= 0.6 is 0 Å². The number of benzene rings is 1. The fraction of sp³-hybridized carbons (Fsp3) is 0.529. The molecule has 1 aromatic rings. The largest absolute Gasteiger partial charge is 0.497 e. The highest BCUT2D eigenvalue weighted by molar-refractivity contribution is 5.85. The number of methoxy groups -OCH3 is 2. The number of nitrogens with zero attached hydrogens (tertiary/aromatic N) is 1. The molecule has 0 aliphatic rings. The highest BCUT2D eigenvalue weighted by Crippen LogP contribution is 2.29. The van der Waals surface area contributed by atoms with E-state index in [2.05, 4.69) is 16.7 Å². The minimum absolute atomic E-state index is 0.000766. The average Bonchev–Trinajstić information content (AvgIpc) is 2.54. The van der Waals surface area contributed by atoms with Gasteiger partial charge in [-0.25, -0.2) is 0 Å². The van der Waals surface area contributed by atoms with Gasteiger partial charge in [0.05, 0.1) is 26.0 Å². The first-order valence-corrected chi connectivity index (χ1v) is 7.49. The smallest absolute Gasteiger partial charge is 0.243 e. The van der Waals surface area contributed by atoms with Gasteiger partial charge in [-0.15, -0.1) is 0 Å². The molecule has 0 saturated carbocycles. The second-order valence-electron chi connectivity index (χ2n) is 5.89. The van der Waals surface area contributed by atoms with Gasteiger partial charge in [0, 0.05) is 6.07 Å². The van der Waals surface area contributed by atoms with Crippen molar-refractivity contribution in [2.45, 2.75) is 39.3 Å². The number of rotatable bonds is 7. The predicted octanol–water partition coefficient (Wildman–Crippen LogP) is 2.56. The summed E-state index contributed by atoms with van der Waals surface area (Å²) in [5, 5.41) is 15.2. The fourth-order valence-corrected chi connectivity index (χ4v) is 1.88. The lowest BCUT2D eigenvalue weighted by atomic mass is 9.90. The molecular formula is C17H25N3O3. The van der Waals surface area contributed by atoms with Gasteiger partial charge in [0.15, 0.2) is 0 Å². The van der Waals surface area contributed by atoms with Crippen molar-refractivity contribution in [2.75, 3.05) is 19.5 Å². The molecule has 0 radical (unpaired) electrons. The zero-order chi connectivity index (χ0) is 17.6. The summed E-state index contributed by atoms with van der Waals surface area (Å²) in [5.41, 5.74) is -0.226. The molecule has 0 aliphatic heterocycles. The molecule has 0 heterocycles. The van der Waals surface area contributed by atoms with E-state index in [4.69, 9.17) is 9.47 Å². The van der Waals surface area contributed by atoms with Gasteiger partial charge in [0.1, 0.15) is 23.1 Å². The average molecular weight is 319 g/mol. The lowest BCUT2D eigenvalue weighted by Gasteiger charge is -2.29. The Morgan fingerprint density at radius 2 is 1.91 bits per heavy atom. The first kappa shape index (κ1) is 18.6. The van der Waals surface area contributed by atoms with Crippen LogP contribution in [0.5, 0.6) is 11.5 Å². The molecule has 1 amide bonds. The minimum Gasteiger partial charge on any atom is -0.497 e. The molecule has 0 saturated heterocycles. The first-order valence-electron chi connectivity index (χ1n) is 7.49. The molecule has 6 heteroatoms. The second kappa shape index (κ2) is 7.73. The number of carbonyl (C=O) groups is 1. The van der Waals surface area contributed by atoms with Crippen LogP contribution in [0, 0.1) is 17.2 Å². The van der Waals surface area contributed by atoms with E-state index in [1.54, 1.807) is 46.3 Å². The van der Waals surface area contributed by atoms with Gasteiger partial charge in [-0.1, -0.05) is 13.8 Å². The van der Waals surface area contributed by atoms with Crippen molar-refractivity contribution in [3.63, 3.8) is 0 Å². The third-order valence-corrected chi connectivity index (χ3v) is 3.94. The Kier molecular flexibility index (Phi) is 6.26. The van der Waals surface area contributed by atoms with E-state index in [9.17, 15) is 10.1 Å². The summed E-state index contributed by atoms with van der Waals surface area (Å²) in [6.45, 7) is 7.25. The number of amides is 1. The SMILES string of the molecule is COc1ccc(N[C@@H](C)C(=O)N[C@@](C)(C#N)C(C)C)c(OC)c1. The quantitative estimate of drug-likeness (QED) is 0.807. The third kappa shape index (κ3) is 4.52. The Morgan fingerprint density at radius 1 is 1.26 bits per heavy atom. The number of ether oxygens (including phenoxy) is 2. The zero-order valence-corrected chi connectivity index (χ0v) is 14.6. The monoisotopic (exact) mass is 319 g/mol. The van der Waals surface area contributed by atoms with Crippen molar-refractivity contribution >= 4 is 11.6 Å². The summed E-state index contributed by atoms with van der Waals surface area (Å²) in [7, 11) is 3.13. The van der Waals surface area contributed by atoms with Crippen molar-refractivity contribution in [1.82, 2.24) is 5.32 Å². The first-order chi connectivity index (χ1) is 10.8. The van der Waals surface area contributed by atoms with Crippen LogP contribution in [0.2, 0.25) is 0 Å². The van der Waals surface area contributed by atoms with Crippen molar-refractivity contribution < 1.29 is 14.3 Å². The molecule has 2 N–H and O–H groups in total. The van der Waals surface area contributed by atoms with Crippen molar-refractivity contribution in [3.8, 4) is 17.6 Å². The molecule has 0 aromatic heterocycles. The number of carbonyl (C=O) groups excluding carboxylic acids is 1. The van der Waals surface area contributed by atoms with Crippen LogP contribution in [0.3, 0.4) is 0 Å². The summed E-state index contributed by atoms with van der Waals surface area (Å²) < 4.78 is 10.4. The van der Waals surface area contributed by atoms with Gasteiger partial charge < -0.3 is 20.1 Å². The predicted molar refractivity (Wildman–Crippen MR) is 89.6 cm³/mol. The van der Waals surface area contributed by atoms with E-state index in [1.807, 2.05) is 13.8 Å². The molecule has 6 nitrogen and oxygen atoms in total. The zero-order valence-electron chi connectivity index (χ0n) is 14.6. The molecule has 0 bridgehead atoms. The number of nitriles is 1. The molecule has 23 heavy (non-hydrogen) atoms. The van der Waals surface area contributed by atoms with Gasteiger partial charge in [-0.2, -0.15) is 5.26 Å². The maximum absolute atomic E-state index is 12.4. The van der Waals surface area contributed by atoms with E-state index in [0.29, 0.717) is 17.2 Å². The van der Waals surface area contributed by atoms with Crippen LogP contribution in [0.25, 0.3) is 0 Å². The normalized spacial score (nSPS) is 14.3. The summed E-state index contributed by atoms with van der Waals surface area (Å²) in [6.07, 6.45) is 0. The maximum Gasteiger partial charge on any atom is 0.243 e. The topological polar surface area (TPSA) is 83.4 Å². The highest BCUT2D eigenvalue weighted by atomic mass is 16.5. The molecule has 0 aliphatic carbocycles. The summed E-state index contributed by atoms with van der Waals surface area (Å²) in [5.74, 6) is 0.997. The summed E-state index contributed by atoms with van der Waals surface area (Å²) in [6, 6.07) is 6.94. The van der Waals surface area contributed by atoms with Crippen LogP contribution < -0.4 is 20.1 Å². The molecular weight excluding hydrogens is 294 g/mol.